The van der Waals surface area contributed by atoms with Crippen LogP contribution in [-0.4, -0.2) is 32.0 Å². The van der Waals surface area contributed by atoms with E-state index in [0.717, 1.165) is 18.2 Å². The molecular weight excluding hydrogens is 384 g/mol. The van der Waals surface area contributed by atoms with Crippen molar-refractivity contribution in [1.82, 2.24) is 14.6 Å². The van der Waals surface area contributed by atoms with Gasteiger partial charge in [0, 0.05) is 11.8 Å². The van der Waals surface area contributed by atoms with Gasteiger partial charge in [-0.15, -0.1) is 13.2 Å². The molecule has 1 atom stereocenters. The van der Waals surface area contributed by atoms with Gasteiger partial charge in [0.25, 0.3) is 0 Å². The third-order valence-corrected chi connectivity index (χ3v) is 3.78. The Hall–Kier alpha value is -3.57. The van der Waals surface area contributed by atoms with E-state index in [-0.39, 0.29) is 28.4 Å². The van der Waals surface area contributed by atoms with Gasteiger partial charge in [0.1, 0.15) is 17.4 Å². The Morgan fingerprint density at radius 3 is 2.79 bits per heavy atom. The molecule has 0 fully saturated rings. The Kier molecular flexibility index (Phi) is 4.94. The number of amidine groups is 1. The number of ether oxygens (including phenoxy) is 1. The molecule has 0 aliphatic rings. The first-order valence-electron chi connectivity index (χ1n) is 7.82. The zero-order valence-electron chi connectivity index (χ0n) is 14.3. The normalized spacial score (nSPS) is 13.5. The Morgan fingerprint density at radius 2 is 2.11 bits per heavy atom. The average molecular weight is 398 g/mol. The van der Waals surface area contributed by atoms with Crippen LogP contribution in [0.3, 0.4) is 0 Å². The van der Waals surface area contributed by atoms with Crippen molar-refractivity contribution in [3.8, 4) is 5.75 Å². The number of rotatable bonds is 5. The fourth-order valence-electron chi connectivity index (χ4n) is 2.56. The molecule has 148 valence electrons. The van der Waals surface area contributed by atoms with Gasteiger partial charge in [0.05, 0.1) is 17.8 Å². The number of oxime groups is 1. The van der Waals surface area contributed by atoms with Crippen LogP contribution < -0.4 is 15.8 Å². The molecule has 2 aromatic heterocycles. The van der Waals surface area contributed by atoms with Gasteiger partial charge in [-0.3, -0.25) is 0 Å². The predicted octanol–water partition coefficient (Wildman–Crippen LogP) is 3.03. The molecule has 0 aliphatic heterocycles. The van der Waals surface area contributed by atoms with Crippen molar-refractivity contribution in [1.29, 1.82) is 0 Å². The molecule has 4 N–H and O–H groups in total. The van der Waals surface area contributed by atoms with Crippen molar-refractivity contribution >= 4 is 17.3 Å². The summed E-state index contributed by atoms with van der Waals surface area (Å²) < 4.78 is 56.7. The van der Waals surface area contributed by atoms with E-state index in [0.29, 0.717) is 0 Å². The maximum Gasteiger partial charge on any atom is 0.573 e. The molecule has 28 heavy (non-hydrogen) atoms. The van der Waals surface area contributed by atoms with E-state index in [2.05, 4.69) is 25.3 Å². The topological polar surface area (TPSA) is 110 Å². The number of alkyl halides is 3. The summed E-state index contributed by atoms with van der Waals surface area (Å²) in [5.41, 5.74) is 6.02. The molecule has 0 saturated carbocycles. The molecule has 0 unspecified atom stereocenters. The van der Waals surface area contributed by atoms with E-state index in [4.69, 9.17) is 10.9 Å². The maximum absolute atomic E-state index is 13.6. The van der Waals surface area contributed by atoms with Crippen LogP contribution >= 0.6 is 0 Å². The minimum atomic E-state index is -4.92. The summed E-state index contributed by atoms with van der Waals surface area (Å²) in [7, 11) is 0. The third-order valence-electron chi connectivity index (χ3n) is 3.78. The van der Waals surface area contributed by atoms with E-state index >= 15 is 0 Å². The summed E-state index contributed by atoms with van der Waals surface area (Å²) in [6.45, 7) is 1.52. The highest BCUT2D eigenvalue weighted by Gasteiger charge is 2.32. The number of halogens is 4. The Bertz CT molecular complexity index is 1030. The lowest BCUT2D eigenvalue weighted by atomic mass is 10.1. The van der Waals surface area contributed by atoms with Crippen molar-refractivity contribution in [2.45, 2.75) is 19.3 Å². The number of nitrogens with two attached hydrogens (primary N) is 1. The molecule has 0 saturated heterocycles. The largest absolute Gasteiger partial charge is 0.573 e. The number of hydrogen-bond donors (Lipinski definition) is 3. The standard InChI is InChI=1S/C16H14F4N6O2/c1-8(10-6-9(17)2-3-12(10)28-16(18,19)20)23-13-4-5-26-15(24-13)11(7-22-26)14(21)25-27/h2-8,27H,1H3,(H2,21,25)(H,23,24)/t8-/m1/s1. The van der Waals surface area contributed by atoms with E-state index in [1.807, 2.05) is 0 Å². The number of fused-ring (bicyclic) bond motifs is 1. The first kappa shape index (κ1) is 19.2. The van der Waals surface area contributed by atoms with E-state index in [9.17, 15) is 17.6 Å². The molecule has 0 bridgehead atoms. The summed E-state index contributed by atoms with van der Waals surface area (Å²) in [4.78, 5) is 4.26. The Morgan fingerprint density at radius 1 is 1.36 bits per heavy atom. The van der Waals surface area contributed by atoms with Crippen LogP contribution in [0.2, 0.25) is 0 Å². The van der Waals surface area contributed by atoms with Gasteiger partial charge in [-0.25, -0.2) is 13.9 Å². The summed E-state index contributed by atoms with van der Waals surface area (Å²) in [6.07, 6.45) is -2.06. The predicted molar refractivity (Wildman–Crippen MR) is 90.6 cm³/mol. The Balaban J connectivity index is 1.93. The lowest BCUT2D eigenvalue weighted by Gasteiger charge is -2.19. The van der Waals surface area contributed by atoms with E-state index in [1.165, 1.54) is 29.9 Å². The van der Waals surface area contributed by atoms with Crippen LogP contribution in [0.5, 0.6) is 5.75 Å². The number of aromatic nitrogens is 3. The third kappa shape index (κ3) is 4.05. The molecule has 0 spiro atoms. The molecule has 1 aromatic carbocycles. The van der Waals surface area contributed by atoms with Gasteiger partial charge < -0.3 is 21.0 Å². The van der Waals surface area contributed by atoms with Crippen molar-refractivity contribution in [2.75, 3.05) is 5.32 Å². The fraction of sp³-hybridized carbons (Fsp3) is 0.188. The number of nitrogens with zero attached hydrogens (tertiary/aromatic N) is 4. The smallest absolute Gasteiger partial charge is 0.409 e. The SMILES string of the molecule is C[C@@H](Nc1ccn2ncc(/C(N)=N/O)c2n1)c1cc(F)ccc1OC(F)(F)F. The molecule has 8 nitrogen and oxygen atoms in total. The van der Waals surface area contributed by atoms with Gasteiger partial charge in [-0.1, -0.05) is 5.16 Å². The van der Waals surface area contributed by atoms with Gasteiger partial charge in [0.2, 0.25) is 0 Å². The lowest BCUT2D eigenvalue weighted by Crippen LogP contribution is -2.20. The van der Waals surface area contributed by atoms with E-state index in [1.54, 1.807) is 0 Å². The first-order valence-corrected chi connectivity index (χ1v) is 7.82. The van der Waals surface area contributed by atoms with Crippen LogP contribution in [0.1, 0.15) is 24.1 Å². The highest BCUT2D eigenvalue weighted by atomic mass is 19.4. The molecule has 3 rings (SSSR count). The second kappa shape index (κ2) is 7.21. The van der Waals surface area contributed by atoms with Crippen molar-refractivity contribution in [3.63, 3.8) is 0 Å². The highest BCUT2D eigenvalue weighted by molar-refractivity contribution is 6.02. The number of hydrogen-bond acceptors (Lipinski definition) is 6. The van der Waals surface area contributed by atoms with Crippen LogP contribution in [0.4, 0.5) is 23.4 Å². The highest BCUT2D eigenvalue weighted by Crippen LogP contribution is 2.32. The monoisotopic (exact) mass is 398 g/mol. The van der Waals surface area contributed by atoms with Crippen molar-refractivity contribution < 1.29 is 27.5 Å². The minimum absolute atomic E-state index is 0.0517. The fourth-order valence-corrected chi connectivity index (χ4v) is 2.56. The molecular formula is C16H14F4N6O2. The molecule has 0 amide bonds. The second-order valence-electron chi connectivity index (χ2n) is 5.72. The number of anilines is 1. The van der Waals surface area contributed by atoms with Crippen LogP contribution in [0.25, 0.3) is 5.65 Å². The average Bonchev–Trinajstić information content (AvgIpc) is 3.04. The van der Waals surface area contributed by atoms with Crippen LogP contribution in [0.15, 0.2) is 41.8 Å². The molecule has 0 aliphatic carbocycles. The number of nitrogens with one attached hydrogen (secondary N) is 1. The summed E-state index contributed by atoms with van der Waals surface area (Å²) in [6, 6.07) is 3.43. The zero-order chi connectivity index (χ0) is 20.5. The van der Waals surface area contributed by atoms with Gasteiger partial charge >= 0.3 is 6.36 Å². The molecule has 0 radical (unpaired) electrons. The zero-order valence-corrected chi connectivity index (χ0v) is 14.3. The number of benzene rings is 1. The van der Waals surface area contributed by atoms with Gasteiger partial charge in [-0.05, 0) is 31.2 Å². The van der Waals surface area contributed by atoms with Gasteiger partial charge in [-0.2, -0.15) is 5.10 Å². The Labute approximate surface area is 155 Å². The van der Waals surface area contributed by atoms with Crippen LogP contribution in [-0.2, 0) is 0 Å². The molecule has 3 aromatic rings. The summed E-state index contributed by atoms with van der Waals surface area (Å²) >= 11 is 0. The molecule has 12 heteroatoms. The van der Waals surface area contributed by atoms with E-state index < -0.39 is 24.0 Å². The first-order chi connectivity index (χ1) is 13.2. The van der Waals surface area contributed by atoms with Crippen molar-refractivity contribution in [2.24, 2.45) is 10.9 Å². The molecule has 2 heterocycles. The second-order valence-corrected chi connectivity index (χ2v) is 5.72. The van der Waals surface area contributed by atoms with Crippen molar-refractivity contribution in [3.05, 3.63) is 53.6 Å². The quantitative estimate of drug-likeness (QED) is 0.200. The van der Waals surface area contributed by atoms with Crippen LogP contribution in [0, 0.1) is 5.82 Å². The lowest BCUT2D eigenvalue weighted by molar-refractivity contribution is -0.275. The minimum Gasteiger partial charge on any atom is -0.409 e. The van der Waals surface area contributed by atoms with Gasteiger partial charge in [0.15, 0.2) is 11.5 Å². The maximum atomic E-state index is 13.6. The summed E-state index contributed by atoms with van der Waals surface area (Å²) in [5.74, 6) is -1.21. The summed E-state index contributed by atoms with van der Waals surface area (Å²) in [5, 5.41) is 18.6.